The van der Waals surface area contributed by atoms with Gasteiger partial charge in [0, 0.05) is 34.7 Å². The number of allylic oxidation sites excluding steroid dienone is 3. The smallest absolute Gasteiger partial charge is 0.336 e. The molecule has 0 spiro atoms. The van der Waals surface area contributed by atoms with Gasteiger partial charge in [0.05, 0.1) is 18.1 Å². The lowest BCUT2D eigenvalue weighted by Crippen LogP contribution is -2.34. The number of Topliss-reactive ketones (excluding diaryl/α,β-unsaturated/α-hetero) is 1. The third kappa shape index (κ3) is 4.69. The number of rotatable bonds is 8. The van der Waals surface area contributed by atoms with E-state index in [1.807, 2.05) is 38.1 Å². The third-order valence-corrected chi connectivity index (χ3v) is 6.05. The van der Waals surface area contributed by atoms with Crippen molar-refractivity contribution in [2.24, 2.45) is 0 Å². The maximum absolute atomic E-state index is 13.1. The average molecular weight is 416 g/mol. The maximum Gasteiger partial charge on any atom is 0.336 e. The van der Waals surface area contributed by atoms with Crippen LogP contribution in [0.2, 0.25) is 0 Å². The highest BCUT2D eigenvalue weighted by Gasteiger charge is 2.40. The second-order valence-corrected chi connectivity index (χ2v) is 8.46. The Morgan fingerprint density at radius 1 is 1.24 bits per heavy atom. The summed E-state index contributed by atoms with van der Waals surface area (Å²) in [5.74, 6) is 1.70. The molecule has 1 aliphatic heterocycles. The van der Waals surface area contributed by atoms with E-state index in [-0.39, 0.29) is 11.8 Å². The van der Waals surface area contributed by atoms with Crippen molar-refractivity contribution in [2.45, 2.75) is 46.0 Å². The van der Waals surface area contributed by atoms with Gasteiger partial charge >= 0.3 is 5.97 Å². The van der Waals surface area contributed by atoms with Crippen LogP contribution in [0.15, 0.2) is 46.8 Å². The number of para-hydroxylation sites is 1. The lowest BCUT2D eigenvalue weighted by atomic mass is 9.75. The third-order valence-electron chi connectivity index (χ3n) is 5.19. The van der Waals surface area contributed by atoms with Gasteiger partial charge in [-0.25, -0.2) is 4.79 Å². The van der Waals surface area contributed by atoms with Crippen molar-refractivity contribution in [3.63, 3.8) is 0 Å². The van der Waals surface area contributed by atoms with Crippen molar-refractivity contribution in [1.82, 2.24) is 5.32 Å². The van der Waals surface area contributed by atoms with Crippen LogP contribution in [0.25, 0.3) is 0 Å². The van der Waals surface area contributed by atoms with E-state index in [4.69, 9.17) is 9.47 Å². The second-order valence-electron chi connectivity index (χ2n) is 7.07. The number of dihydropyridines is 1. The molecule has 5 nitrogen and oxygen atoms in total. The minimum atomic E-state index is -0.465. The van der Waals surface area contributed by atoms with Crippen LogP contribution in [0.1, 0.15) is 51.5 Å². The van der Waals surface area contributed by atoms with Gasteiger partial charge in [-0.15, -0.1) is 0 Å². The van der Waals surface area contributed by atoms with E-state index in [9.17, 15) is 9.59 Å². The summed E-state index contributed by atoms with van der Waals surface area (Å²) in [7, 11) is 0. The Bertz CT molecular complexity index is 843. The molecule has 0 fully saturated rings. The maximum atomic E-state index is 13.1. The van der Waals surface area contributed by atoms with Gasteiger partial charge in [0.15, 0.2) is 5.78 Å². The number of hydrogen-bond acceptors (Lipinski definition) is 6. The van der Waals surface area contributed by atoms with Gasteiger partial charge in [-0.1, -0.05) is 25.1 Å². The van der Waals surface area contributed by atoms with Gasteiger partial charge in [-0.3, -0.25) is 4.79 Å². The summed E-state index contributed by atoms with van der Waals surface area (Å²) in [5.41, 5.74) is 3.71. The van der Waals surface area contributed by atoms with E-state index in [1.54, 1.807) is 11.8 Å². The van der Waals surface area contributed by atoms with E-state index in [0.717, 1.165) is 41.3 Å². The number of hydrogen-bond donors (Lipinski definition) is 1. The van der Waals surface area contributed by atoms with Crippen LogP contribution in [0.5, 0.6) is 5.75 Å². The minimum absolute atomic E-state index is 0.0920. The Labute approximate surface area is 176 Å². The molecule has 1 aromatic carbocycles. The summed E-state index contributed by atoms with van der Waals surface area (Å²) in [5, 5.41) is 3.32. The monoisotopic (exact) mass is 415 g/mol. The highest BCUT2D eigenvalue weighted by atomic mass is 32.2. The van der Waals surface area contributed by atoms with Crippen LogP contribution in [0.4, 0.5) is 0 Å². The van der Waals surface area contributed by atoms with Gasteiger partial charge in [0.25, 0.3) is 0 Å². The number of ether oxygens (including phenoxy) is 2. The first-order chi connectivity index (χ1) is 14.1. The molecule has 1 heterocycles. The van der Waals surface area contributed by atoms with Gasteiger partial charge in [0.2, 0.25) is 0 Å². The van der Waals surface area contributed by atoms with Gasteiger partial charge in [0.1, 0.15) is 12.4 Å². The molecule has 1 aromatic rings. The van der Waals surface area contributed by atoms with Crippen LogP contribution >= 0.6 is 11.8 Å². The fraction of sp³-hybridized carbons (Fsp3) is 0.478. The Balaban J connectivity index is 2.04. The van der Waals surface area contributed by atoms with Crippen LogP contribution in [-0.2, 0) is 14.3 Å². The van der Waals surface area contributed by atoms with Crippen molar-refractivity contribution >= 4 is 23.5 Å². The van der Waals surface area contributed by atoms with Crippen molar-refractivity contribution < 1.29 is 19.1 Å². The summed E-state index contributed by atoms with van der Waals surface area (Å²) < 4.78 is 11.4. The molecule has 6 heteroatoms. The fourth-order valence-corrected chi connectivity index (χ4v) is 4.48. The molecule has 0 saturated carbocycles. The normalized spacial score (nSPS) is 19.0. The molecule has 0 bridgehead atoms. The molecule has 0 radical (unpaired) electrons. The molecule has 0 unspecified atom stereocenters. The molecule has 0 aromatic heterocycles. The van der Waals surface area contributed by atoms with E-state index in [2.05, 4.69) is 12.2 Å². The number of thioether (sulfide) groups is 1. The molecule has 1 atom stereocenters. The number of carbonyl (C=O) groups is 2. The molecule has 1 N–H and O–H groups in total. The zero-order valence-corrected chi connectivity index (χ0v) is 18.2. The summed E-state index contributed by atoms with van der Waals surface area (Å²) in [6.45, 7) is 6.76. The zero-order valence-electron chi connectivity index (χ0n) is 17.4. The molecule has 0 saturated heterocycles. The summed E-state index contributed by atoms with van der Waals surface area (Å²) >= 11 is 1.73. The van der Waals surface area contributed by atoms with E-state index in [1.165, 1.54) is 0 Å². The molecule has 29 heavy (non-hydrogen) atoms. The number of ketones is 1. The highest BCUT2D eigenvalue weighted by Crippen LogP contribution is 2.45. The SMILES string of the molecule is CCOc1ccccc1[C@@H]1C(C(=O)OCCSCC)=C(C)NC2=C1C(=O)CCC2. The van der Waals surface area contributed by atoms with Crippen molar-refractivity contribution in [3.8, 4) is 5.75 Å². The summed E-state index contributed by atoms with van der Waals surface area (Å²) in [6.07, 6.45) is 2.13. The predicted molar refractivity (Wildman–Crippen MR) is 116 cm³/mol. The quantitative estimate of drug-likeness (QED) is 0.503. The largest absolute Gasteiger partial charge is 0.494 e. The van der Waals surface area contributed by atoms with Crippen LogP contribution in [0, 0.1) is 0 Å². The van der Waals surface area contributed by atoms with Gasteiger partial charge < -0.3 is 14.8 Å². The number of nitrogens with one attached hydrogen (secondary N) is 1. The standard InChI is InChI=1S/C23H29NO4S/c1-4-27-19-12-7-6-9-16(19)21-20(23(26)28-13-14-29-5-2)15(3)24-17-10-8-11-18(25)22(17)21/h6-7,9,12,21,24H,4-5,8,10-11,13-14H2,1-3H3/t21-/m1/s1. The Kier molecular flexibility index (Phi) is 7.42. The lowest BCUT2D eigenvalue weighted by molar-refractivity contribution is -0.138. The second kappa shape index (κ2) is 10.0. The van der Waals surface area contributed by atoms with E-state index in [0.29, 0.717) is 36.5 Å². The van der Waals surface area contributed by atoms with E-state index >= 15 is 0 Å². The first-order valence-corrected chi connectivity index (χ1v) is 11.4. The van der Waals surface area contributed by atoms with Crippen LogP contribution in [-0.4, -0.2) is 36.5 Å². The summed E-state index contributed by atoms with van der Waals surface area (Å²) in [4.78, 5) is 26.0. The first-order valence-electron chi connectivity index (χ1n) is 10.3. The summed E-state index contributed by atoms with van der Waals surface area (Å²) in [6, 6.07) is 7.67. The number of esters is 1. The van der Waals surface area contributed by atoms with Crippen LogP contribution in [0.3, 0.4) is 0 Å². The molecule has 3 rings (SSSR count). The van der Waals surface area contributed by atoms with Crippen molar-refractivity contribution in [2.75, 3.05) is 24.7 Å². The molecule has 1 aliphatic carbocycles. The van der Waals surface area contributed by atoms with Gasteiger partial charge in [-0.05, 0) is 38.5 Å². The van der Waals surface area contributed by atoms with E-state index < -0.39 is 5.92 Å². The topological polar surface area (TPSA) is 64.6 Å². The van der Waals surface area contributed by atoms with Crippen LogP contribution < -0.4 is 10.1 Å². The lowest BCUT2D eigenvalue weighted by Gasteiger charge is -2.34. The number of carbonyl (C=O) groups excluding carboxylic acids is 2. The number of benzene rings is 1. The highest BCUT2D eigenvalue weighted by molar-refractivity contribution is 7.99. The molecule has 156 valence electrons. The molecule has 0 amide bonds. The first kappa shape index (κ1) is 21.5. The van der Waals surface area contributed by atoms with Gasteiger partial charge in [-0.2, -0.15) is 11.8 Å². The van der Waals surface area contributed by atoms with Crippen molar-refractivity contribution in [3.05, 3.63) is 52.4 Å². The molecule has 2 aliphatic rings. The van der Waals surface area contributed by atoms with Crippen molar-refractivity contribution in [1.29, 1.82) is 0 Å². The Morgan fingerprint density at radius 3 is 2.79 bits per heavy atom. The average Bonchev–Trinajstić information content (AvgIpc) is 2.71. The Hall–Kier alpha value is -2.21. The Morgan fingerprint density at radius 2 is 2.03 bits per heavy atom. The molecular weight excluding hydrogens is 386 g/mol. The predicted octanol–water partition coefficient (Wildman–Crippen LogP) is 4.35. The molecular formula is C23H29NO4S. The zero-order chi connectivity index (χ0) is 20.8. The fourth-order valence-electron chi connectivity index (χ4n) is 3.99. The minimum Gasteiger partial charge on any atom is -0.494 e.